The molecule has 0 spiro atoms. The summed E-state index contributed by atoms with van der Waals surface area (Å²) in [4.78, 5) is 19.5. The van der Waals surface area contributed by atoms with Crippen LogP contribution in [0.15, 0.2) is 71.3 Å². The van der Waals surface area contributed by atoms with Crippen LogP contribution in [0.1, 0.15) is 23.0 Å². The molecule has 0 unspecified atom stereocenters. The number of fused-ring (bicyclic) bond motifs is 1. The van der Waals surface area contributed by atoms with Crippen molar-refractivity contribution in [2.75, 3.05) is 11.5 Å². The van der Waals surface area contributed by atoms with E-state index < -0.39 is 0 Å². The number of furan rings is 1. The molecule has 5 nitrogen and oxygen atoms in total. The Bertz CT molecular complexity index is 1040. The number of carbonyl (C=O) groups is 1. The van der Waals surface area contributed by atoms with Crippen LogP contribution in [-0.2, 0) is 6.54 Å². The number of benzene rings is 2. The summed E-state index contributed by atoms with van der Waals surface area (Å²) in [5.74, 6) is 1.39. The Kier molecular flexibility index (Phi) is 4.89. The van der Waals surface area contributed by atoms with Gasteiger partial charge in [0.15, 0.2) is 5.13 Å². The van der Waals surface area contributed by atoms with Gasteiger partial charge in [-0.3, -0.25) is 9.69 Å². The summed E-state index contributed by atoms with van der Waals surface area (Å²) in [6, 6.07) is 18.6. The fourth-order valence-corrected chi connectivity index (χ4v) is 3.78. The maximum absolute atomic E-state index is 13.1. The fraction of sp³-hybridized carbons (Fsp3) is 0.143. The molecule has 0 aliphatic rings. The molecule has 0 radical (unpaired) electrons. The van der Waals surface area contributed by atoms with E-state index in [0.29, 0.717) is 29.6 Å². The van der Waals surface area contributed by atoms with Gasteiger partial charge in [-0.2, -0.15) is 0 Å². The maximum atomic E-state index is 13.1. The number of ether oxygens (including phenoxy) is 1. The number of hydrogen-bond acceptors (Lipinski definition) is 5. The van der Waals surface area contributed by atoms with E-state index in [9.17, 15) is 4.79 Å². The molecule has 0 atom stereocenters. The average Bonchev–Trinajstić information content (AvgIpc) is 3.35. The fourth-order valence-electron chi connectivity index (χ4n) is 2.79. The number of hydrogen-bond donors (Lipinski definition) is 0. The van der Waals surface area contributed by atoms with Gasteiger partial charge in [0.2, 0.25) is 0 Å². The summed E-state index contributed by atoms with van der Waals surface area (Å²) in [6.07, 6.45) is 1.60. The molecule has 0 aliphatic heterocycles. The molecule has 0 N–H and O–H groups in total. The molecule has 6 heteroatoms. The number of nitrogens with zero attached hydrogens (tertiary/aromatic N) is 2. The van der Waals surface area contributed by atoms with Gasteiger partial charge < -0.3 is 9.15 Å². The molecule has 2 aromatic heterocycles. The summed E-state index contributed by atoms with van der Waals surface area (Å²) < 4.78 is 12.0. The second-order valence-electron chi connectivity index (χ2n) is 5.90. The zero-order valence-electron chi connectivity index (χ0n) is 14.8. The van der Waals surface area contributed by atoms with Crippen molar-refractivity contribution in [2.45, 2.75) is 13.5 Å². The van der Waals surface area contributed by atoms with E-state index in [1.54, 1.807) is 23.3 Å². The first-order chi connectivity index (χ1) is 13.2. The summed E-state index contributed by atoms with van der Waals surface area (Å²) in [5, 5.41) is 0.629. The Morgan fingerprint density at radius 1 is 1.15 bits per heavy atom. The van der Waals surface area contributed by atoms with Crippen LogP contribution in [0.25, 0.3) is 10.2 Å². The van der Waals surface area contributed by atoms with Crippen LogP contribution < -0.4 is 9.64 Å². The summed E-state index contributed by atoms with van der Waals surface area (Å²) in [5.41, 5.74) is 1.45. The minimum Gasteiger partial charge on any atom is -0.494 e. The third-order valence-electron chi connectivity index (χ3n) is 4.05. The lowest BCUT2D eigenvalue weighted by Gasteiger charge is -2.18. The van der Waals surface area contributed by atoms with Crippen LogP contribution in [0, 0.1) is 0 Å². The monoisotopic (exact) mass is 378 g/mol. The zero-order chi connectivity index (χ0) is 18.6. The molecular formula is C21H18N2O3S. The van der Waals surface area contributed by atoms with Crippen molar-refractivity contribution in [1.29, 1.82) is 0 Å². The Labute approximate surface area is 160 Å². The second kappa shape index (κ2) is 7.63. The SMILES string of the molecule is CCOc1ccc2nc(N(Cc3ccco3)C(=O)c3ccccc3)sc2c1. The number of rotatable bonds is 6. The van der Waals surface area contributed by atoms with Gasteiger partial charge in [-0.1, -0.05) is 29.5 Å². The molecule has 2 heterocycles. The van der Waals surface area contributed by atoms with Gasteiger partial charge in [0, 0.05) is 5.56 Å². The van der Waals surface area contributed by atoms with E-state index in [1.807, 2.05) is 55.5 Å². The molecule has 0 saturated carbocycles. The molecule has 0 saturated heterocycles. The van der Waals surface area contributed by atoms with Crippen LogP contribution in [0.4, 0.5) is 5.13 Å². The van der Waals surface area contributed by atoms with Gasteiger partial charge in [0.05, 0.1) is 29.6 Å². The lowest BCUT2D eigenvalue weighted by Crippen LogP contribution is -2.30. The first-order valence-electron chi connectivity index (χ1n) is 8.67. The predicted molar refractivity (Wildman–Crippen MR) is 106 cm³/mol. The van der Waals surface area contributed by atoms with Crippen molar-refractivity contribution < 1.29 is 13.9 Å². The minimum absolute atomic E-state index is 0.115. The highest BCUT2D eigenvalue weighted by Gasteiger charge is 2.22. The Morgan fingerprint density at radius 2 is 2.00 bits per heavy atom. The first-order valence-corrected chi connectivity index (χ1v) is 9.49. The predicted octanol–water partition coefficient (Wildman–Crippen LogP) is 5.14. The van der Waals surface area contributed by atoms with Crippen molar-refractivity contribution in [3.63, 3.8) is 0 Å². The quantitative estimate of drug-likeness (QED) is 0.466. The highest BCUT2D eigenvalue weighted by molar-refractivity contribution is 7.22. The smallest absolute Gasteiger partial charge is 0.260 e. The van der Waals surface area contributed by atoms with Crippen LogP contribution in [-0.4, -0.2) is 17.5 Å². The molecular weight excluding hydrogens is 360 g/mol. The third-order valence-corrected chi connectivity index (χ3v) is 5.09. The highest BCUT2D eigenvalue weighted by Crippen LogP contribution is 2.33. The molecule has 0 aliphatic carbocycles. The summed E-state index contributed by atoms with van der Waals surface area (Å²) >= 11 is 1.46. The van der Waals surface area contributed by atoms with E-state index in [-0.39, 0.29) is 5.91 Å². The molecule has 0 bridgehead atoms. The van der Waals surface area contributed by atoms with Crippen molar-refractivity contribution in [3.8, 4) is 5.75 Å². The number of aromatic nitrogens is 1. The van der Waals surface area contributed by atoms with E-state index in [1.165, 1.54) is 11.3 Å². The molecule has 1 amide bonds. The highest BCUT2D eigenvalue weighted by atomic mass is 32.1. The number of thiazole rings is 1. The van der Waals surface area contributed by atoms with Gasteiger partial charge in [0.25, 0.3) is 5.91 Å². The van der Waals surface area contributed by atoms with Crippen LogP contribution in [0.2, 0.25) is 0 Å². The summed E-state index contributed by atoms with van der Waals surface area (Å²) in [7, 11) is 0. The third kappa shape index (κ3) is 3.71. The number of anilines is 1. The van der Waals surface area contributed by atoms with E-state index in [2.05, 4.69) is 4.98 Å². The van der Waals surface area contributed by atoms with E-state index >= 15 is 0 Å². The molecule has 4 rings (SSSR count). The Balaban J connectivity index is 1.73. The molecule has 136 valence electrons. The maximum Gasteiger partial charge on any atom is 0.260 e. The first kappa shape index (κ1) is 17.3. The van der Waals surface area contributed by atoms with Crippen molar-refractivity contribution in [3.05, 3.63) is 78.3 Å². The van der Waals surface area contributed by atoms with Gasteiger partial charge in [-0.15, -0.1) is 0 Å². The van der Waals surface area contributed by atoms with Crippen molar-refractivity contribution in [2.24, 2.45) is 0 Å². The minimum atomic E-state index is -0.115. The lowest BCUT2D eigenvalue weighted by molar-refractivity contribution is 0.0983. The van der Waals surface area contributed by atoms with Gasteiger partial charge in [0.1, 0.15) is 11.5 Å². The Hall–Kier alpha value is -3.12. The zero-order valence-corrected chi connectivity index (χ0v) is 15.6. The molecule has 2 aromatic carbocycles. The molecule has 4 aromatic rings. The molecule has 0 fully saturated rings. The van der Waals surface area contributed by atoms with Gasteiger partial charge in [-0.05, 0) is 49.4 Å². The summed E-state index contributed by atoms with van der Waals surface area (Å²) in [6.45, 7) is 2.87. The van der Waals surface area contributed by atoms with Crippen molar-refractivity contribution in [1.82, 2.24) is 4.98 Å². The van der Waals surface area contributed by atoms with Crippen LogP contribution in [0.3, 0.4) is 0 Å². The van der Waals surface area contributed by atoms with Gasteiger partial charge >= 0.3 is 0 Å². The largest absolute Gasteiger partial charge is 0.494 e. The number of amides is 1. The van der Waals surface area contributed by atoms with Gasteiger partial charge in [-0.25, -0.2) is 4.98 Å². The lowest BCUT2D eigenvalue weighted by atomic mass is 10.2. The average molecular weight is 378 g/mol. The normalized spacial score (nSPS) is 10.9. The van der Waals surface area contributed by atoms with Crippen LogP contribution >= 0.6 is 11.3 Å². The standard InChI is InChI=1S/C21H18N2O3S/c1-2-25-16-10-11-18-19(13-16)27-21(22-18)23(14-17-9-6-12-26-17)20(24)15-7-4-3-5-8-15/h3-13H,2,14H2,1H3. The number of carbonyl (C=O) groups excluding carboxylic acids is 1. The Morgan fingerprint density at radius 3 is 2.74 bits per heavy atom. The van der Waals surface area contributed by atoms with E-state index in [0.717, 1.165) is 16.0 Å². The van der Waals surface area contributed by atoms with E-state index in [4.69, 9.17) is 9.15 Å². The topological polar surface area (TPSA) is 55.6 Å². The molecule has 27 heavy (non-hydrogen) atoms. The second-order valence-corrected chi connectivity index (χ2v) is 6.90. The van der Waals surface area contributed by atoms with Crippen LogP contribution in [0.5, 0.6) is 5.75 Å². The van der Waals surface area contributed by atoms with Crippen molar-refractivity contribution >= 4 is 32.6 Å².